The minimum absolute atomic E-state index is 0.0710. The zero-order chi connectivity index (χ0) is 12.0. The zero-order valence-corrected chi connectivity index (χ0v) is 10.2. The molecule has 0 amide bonds. The van der Waals surface area contributed by atoms with Crippen LogP contribution in [-0.4, -0.2) is 33.7 Å². The fraction of sp³-hybridized carbons (Fsp3) is 0.800. The third-order valence-electron chi connectivity index (χ3n) is 2.53. The average molecular weight is 227 g/mol. The molecule has 0 saturated carbocycles. The molecule has 0 bridgehead atoms. The SMILES string of the molecule is CCOC(CC)C(Cc1cn(C)nn1)NN. The summed E-state index contributed by atoms with van der Waals surface area (Å²) in [5.74, 6) is 5.55. The largest absolute Gasteiger partial charge is 0.377 e. The van der Waals surface area contributed by atoms with Gasteiger partial charge in [-0.3, -0.25) is 16.0 Å². The first-order valence-corrected chi connectivity index (χ1v) is 5.64. The molecule has 1 aromatic rings. The van der Waals surface area contributed by atoms with Crippen LogP contribution in [0.15, 0.2) is 6.20 Å². The molecule has 1 heterocycles. The molecular formula is C10H21N5O. The van der Waals surface area contributed by atoms with Gasteiger partial charge in [-0.25, -0.2) is 0 Å². The van der Waals surface area contributed by atoms with E-state index in [4.69, 9.17) is 10.6 Å². The fourth-order valence-electron chi connectivity index (χ4n) is 1.74. The Bertz CT molecular complexity index is 301. The highest BCUT2D eigenvalue weighted by Crippen LogP contribution is 2.08. The number of hydrogen-bond donors (Lipinski definition) is 2. The number of hydrogen-bond acceptors (Lipinski definition) is 5. The number of hydrazine groups is 1. The minimum Gasteiger partial charge on any atom is -0.377 e. The molecule has 0 radical (unpaired) electrons. The van der Waals surface area contributed by atoms with Crippen LogP contribution in [0.1, 0.15) is 26.0 Å². The van der Waals surface area contributed by atoms with Gasteiger partial charge in [-0.1, -0.05) is 12.1 Å². The summed E-state index contributed by atoms with van der Waals surface area (Å²) in [5, 5.41) is 7.93. The van der Waals surface area contributed by atoms with Crippen LogP contribution in [0.4, 0.5) is 0 Å². The van der Waals surface area contributed by atoms with Crippen LogP contribution in [0.5, 0.6) is 0 Å². The Morgan fingerprint density at radius 1 is 1.56 bits per heavy atom. The Balaban J connectivity index is 2.59. The maximum absolute atomic E-state index is 5.63. The van der Waals surface area contributed by atoms with E-state index in [2.05, 4.69) is 22.7 Å². The monoisotopic (exact) mass is 227 g/mol. The van der Waals surface area contributed by atoms with Gasteiger partial charge < -0.3 is 4.74 Å². The van der Waals surface area contributed by atoms with Crippen LogP contribution < -0.4 is 11.3 Å². The molecule has 0 aliphatic carbocycles. The van der Waals surface area contributed by atoms with Crippen molar-refractivity contribution in [2.24, 2.45) is 12.9 Å². The Morgan fingerprint density at radius 3 is 2.75 bits per heavy atom. The van der Waals surface area contributed by atoms with Crippen molar-refractivity contribution in [3.8, 4) is 0 Å². The maximum Gasteiger partial charge on any atom is 0.0844 e. The topological polar surface area (TPSA) is 78.0 Å². The minimum atomic E-state index is 0.0710. The molecule has 1 aromatic heterocycles. The van der Waals surface area contributed by atoms with Crippen LogP contribution in [0.2, 0.25) is 0 Å². The van der Waals surface area contributed by atoms with Crippen molar-refractivity contribution >= 4 is 0 Å². The molecule has 92 valence electrons. The van der Waals surface area contributed by atoms with E-state index in [-0.39, 0.29) is 12.1 Å². The lowest BCUT2D eigenvalue weighted by Gasteiger charge is -2.24. The van der Waals surface area contributed by atoms with Crippen molar-refractivity contribution in [2.45, 2.75) is 38.8 Å². The normalized spacial score (nSPS) is 15.0. The molecule has 0 aliphatic heterocycles. The Hall–Kier alpha value is -0.980. The van der Waals surface area contributed by atoms with Gasteiger partial charge >= 0.3 is 0 Å². The summed E-state index contributed by atoms with van der Waals surface area (Å²) < 4.78 is 7.31. The predicted octanol–water partition coefficient (Wildman–Crippen LogP) is 0.00460. The Labute approximate surface area is 96.1 Å². The average Bonchev–Trinajstić information content (AvgIpc) is 2.69. The number of aromatic nitrogens is 3. The molecule has 6 nitrogen and oxygen atoms in total. The van der Waals surface area contributed by atoms with Crippen LogP contribution in [-0.2, 0) is 18.2 Å². The smallest absolute Gasteiger partial charge is 0.0844 e. The van der Waals surface area contributed by atoms with Crippen LogP contribution >= 0.6 is 0 Å². The van der Waals surface area contributed by atoms with Gasteiger partial charge in [0.2, 0.25) is 0 Å². The molecule has 1 rings (SSSR count). The predicted molar refractivity (Wildman–Crippen MR) is 61.5 cm³/mol. The summed E-state index contributed by atoms with van der Waals surface area (Å²) >= 11 is 0. The van der Waals surface area contributed by atoms with Gasteiger partial charge in [0.05, 0.1) is 17.8 Å². The first-order chi connectivity index (χ1) is 7.71. The summed E-state index contributed by atoms with van der Waals surface area (Å²) in [7, 11) is 1.85. The number of nitrogens with one attached hydrogen (secondary N) is 1. The fourth-order valence-corrected chi connectivity index (χ4v) is 1.74. The number of aryl methyl sites for hydroxylation is 1. The summed E-state index contributed by atoms with van der Waals surface area (Å²) in [6, 6.07) is 0.0710. The number of ether oxygens (including phenoxy) is 1. The van der Waals surface area contributed by atoms with Crippen LogP contribution in [0.25, 0.3) is 0 Å². The number of rotatable bonds is 7. The van der Waals surface area contributed by atoms with Gasteiger partial charge in [0, 0.05) is 26.3 Å². The van der Waals surface area contributed by atoms with E-state index in [0.717, 1.165) is 18.5 Å². The van der Waals surface area contributed by atoms with Gasteiger partial charge in [0.15, 0.2) is 0 Å². The highest BCUT2D eigenvalue weighted by atomic mass is 16.5. The third-order valence-corrected chi connectivity index (χ3v) is 2.53. The summed E-state index contributed by atoms with van der Waals surface area (Å²) in [6.45, 7) is 4.76. The van der Waals surface area contributed by atoms with Gasteiger partial charge in [-0.2, -0.15) is 0 Å². The highest BCUT2D eigenvalue weighted by molar-refractivity contribution is 4.97. The van der Waals surface area contributed by atoms with E-state index in [0.29, 0.717) is 6.61 Å². The van der Waals surface area contributed by atoms with E-state index in [1.807, 2.05) is 20.2 Å². The van der Waals surface area contributed by atoms with Crippen molar-refractivity contribution in [3.05, 3.63) is 11.9 Å². The Kier molecular flexibility index (Phi) is 5.37. The molecule has 2 unspecified atom stereocenters. The second-order valence-corrected chi connectivity index (χ2v) is 3.76. The molecular weight excluding hydrogens is 206 g/mol. The van der Waals surface area contributed by atoms with Crippen molar-refractivity contribution in [2.75, 3.05) is 6.61 Å². The van der Waals surface area contributed by atoms with Gasteiger partial charge in [0.1, 0.15) is 0 Å². The van der Waals surface area contributed by atoms with Gasteiger partial charge in [0.25, 0.3) is 0 Å². The summed E-state index contributed by atoms with van der Waals surface area (Å²) in [6.07, 6.45) is 3.64. The lowest BCUT2D eigenvalue weighted by atomic mass is 10.0. The number of nitrogens with zero attached hydrogens (tertiary/aromatic N) is 3. The second kappa shape index (κ2) is 6.57. The first-order valence-electron chi connectivity index (χ1n) is 5.64. The molecule has 0 aliphatic rings. The van der Waals surface area contributed by atoms with E-state index in [1.54, 1.807) is 4.68 Å². The van der Waals surface area contributed by atoms with E-state index < -0.39 is 0 Å². The lowest BCUT2D eigenvalue weighted by molar-refractivity contribution is 0.0317. The quantitative estimate of drug-likeness (QED) is 0.506. The molecule has 3 N–H and O–H groups in total. The van der Waals surface area contributed by atoms with Gasteiger partial charge in [-0.15, -0.1) is 5.10 Å². The first kappa shape index (κ1) is 13.1. The van der Waals surface area contributed by atoms with Crippen LogP contribution in [0.3, 0.4) is 0 Å². The molecule has 0 spiro atoms. The summed E-state index contributed by atoms with van der Waals surface area (Å²) in [4.78, 5) is 0. The molecule has 16 heavy (non-hydrogen) atoms. The molecule has 2 atom stereocenters. The van der Waals surface area contributed by atoms with Crippen molar-refractivity contribution < 1.29 is 4.74 Å². The molecule has 0 fully saturated rings. The van der Waals surface area contributed by atoms with Crippen LogP contribution in [0, 0.1) is 0 Å². The molecule has 0 aromatic carbocycles. The van der Waals surface area contributed by atoms with E-state index >= 15 is 0 Å². The van der Waals surface area contributed by atoms with Crippen molar-refractivity contribution in [1.29, 1.82) is 0 Å². The van der Waals surface area contributed by atoms with E-state index in [9.17, 15) is 0 Å². The van der Waals surface area contributed by atoms with E-state index in [1.165, 1.54) is 0 Å². The standard InChI is InChI=1S/C10H21N5O/c1-4-10(16-5-2)9(12-11)6-8-7-15(3)14-13-8/h7,9-10,12H,4-6,11H2,1-3H3. The maximum atomic E-state index is 5.63. The van der Waals surface area contributed by atoms with Crippen molar-refractivity contribution in [1.82, 2.24) is 20.4 Å². The number of nitrogens with two attached hydrogens (primary N) is 1. The Morgan fingerprint density at radius 2 is 2.31 bits per heavy atom. The molecule has 6 heteroatoms. The van der Waals surface area contributed by atoms with Gasteiger partial charge in [-0.05, 0) is 13.3 Å². The third kappa shape index (κ3) is 3.55. The summed E-state index contributed by atoms with van der Waals surface area (Å²) in [5.41, 5.74) is 3.71. The second-order valence-electron chi connectivity index (χ2n) is 3.76. The highest BCUT2D eigenvalue weighted by Gasteiger charge is 2.20. The molecule has 0 saturated heterocycles. The lowest BCUT2D eigenvalue weighted by Crippen LogP contribution is -2.46. The van der Waals surface area contributed by atoms with Crippen molar-refractivity contribution in [3.63, 3.8) is 0 Å². The zero-order valence-electron chi connectivity index (χ0n) is 10.2.